The van der Waals surface area contributed by atoms with Crippen molar-refractivity contribution in [2.24, 2.45) is 5.73 Å². The van der Waals surface area contributed by atoms with Crippen molar-refractivity contribution in [1.29, 1.82) is 0 Å². The van der Waals surface area contributed by atoms with Crippen LogP contribution < -0.4 is 36.8 Å². The molecule has 0 radical (unpaired) electrons. The van der Waals surface area contributed by atoms with E-state index in [0.29, 0.717) is 29.1 Å². The SMILES string of the molecule is CC(N)[C@@H](O)CO.CC1OC1COC(=O)c1ccc([N+](=O)[O-])cc1.C[C@@H](NC(c1ccccc1)c1ccccc1)[C@@H](O)CO.Cc1ccccc1N1Cc2cnc(NC(C)[C@@H](O)CO)nc2NC1=O.Cc1ccccc1N1Cc2cnc(S(=O)(=O)Cc3ccccc3)nc2NC1=O. The zero-order valence-electron chi connectivity index (χ0n) is 54.4. The van der Waals surface area contributed by atoms with Gasteiger partial charge in [0.25, 0.3) is 5.69 Å². The highest BCUT2D eigenvalue weighted by Gasteiger charge is 2.36. The number of fused-ring (bicyclic) bond motifs is 2. The van der Waals surface area contributed by atoms with Gasteiger partial charge in [-0.15, -0.1) is 0 Å². The molecule has 514 valence electrons. The maximum atomic E-state index is 12.7. The number of epoxide rings is 1. The number of hydrogen-bond acceptors (Lipinski definition) is 22. The highest BCUT2D eigenvalue weighted by Crippen LogP contribution is 2.31. The zero-order chi connectivity index (χ0) is 70.3. The van der Waals surface area contributed by atoms with Gasteiger partial charge in [0.05, 0.1) is 85.6 Å². The number of nitrogens with one attached hydrogen (secondary N) is 4. The van der Waals surface area contributed by atoms with Gasteiger partial charge in [0.15, 0.2) is 0 Å². The number of non-ortho nitro benzene ring substituents is 1. The summed E-state index contributed by atoms with van der Waals surface area (Å²) in [5.41, 5.74) is 13.3. The van der Waals surface area contributed by atoms with E-state index >= 15 is 0 Å². The van der Waals surface area contributed by atoms with Crippen LogP contribution in [0.1, 0.15) is 83.0 Å². The molecule has 0 aliphatic carbocycles. The normalized spacial score (nSPS) is 16.2. The molecule has 11 rings (SSSR count). The van der Waals surface area contributed by atoms with E-state index in [0.717, 1.165) is 39.2 Å². The fraction of sp³-hybridized carbons (Fsp3) is 0.319. The molecule has 28 heteroatoms. The molecule has 0 spiro atoms. The summed E-state index contributed by atoms with van der Waals surface area (Å²) >= 11 is 0. The second-order valence-corrected chi connectivity index (χ2v) is 24.9. The predicted molar refractivity (Wildman–Crippen MR) is 365 cm³/mol. The molecule has 0 bridgehead atoms. The number of aliphatic hydroxyl groups is 6. The Morgan fingerprint density at radius 1 is 0.680 bits per heavy atom. The number of nitro groups is 1. The van der Waals surface area contributed by atoms with Crippen molar-refractivity contribution in [2.45, 2.75) is 120 Å². The lowest BCUT2D eigenvalue weighted by atomic mass is 9.97. The number of urea groups is 2. The van der Waals surface area contributed by atoms with Gasteiger partial charge < -0.3 is 56.5 Å². The third-order valence-electron chi connectivity index (χ3n) is 15.5. The first kappa shape index (κ1) is 74.7. The van der Waals surface area contributed by atoms with Gasteiger partial charge in [-0.05, 0) is 93.6 Å². The Kier molecular flexibility index (Phi) is 27.6. The minimum Gasteiger partial charge on any atom is -0.459 e. The number of amides is 4. The van der Waals surface area contributed by atoms with Crippen LogP contribution in [0.5, 0.6) is 0 Å². The molecular weight excluding hydrogens is 1270 g/mol. The van der Waals surface area contributed by atoms with Crippen LogP contribution >= 0.6 is 0 Å². The van der Waals surface area contributed by atoms with Gasteiger partial charge >= 0.3 is 18.0 Å². The number of nitro benzene ring substituents is 1. The van der Waals surface area contributed by atoms with Crippen LogP contribution in [0.25, 0.3) is 0 Å². The van der Waals surface area contributed by atoms with Gasteiger partial charge in [-0.25, -0.2) is 37.8 Å². The molecule has 97 heavy (non-hydrogen) atoms. The number of aromatic nitrogens is 4. The maximum absolute atomic E-state index is 12.7. The van der Waals surface area contributed by atoms with Crippen molar-refractivity contribution in [3.8, 4) is 0 Å². The Morgan fingerprint density at radius 2 is 1.13 bits per heavy atom. The molecule has 27 nitrogen and oxygen atoms in total. The average Bonchev–Trinajstić information content (AvgIpc) is 1.05. The van der Waals surface area contributed by atoms with E-state index < -0.39 is 45.1 Å². The third kappa shape index (κ3) is 21.6. The molecule has 3 aliphatic rings. The Balaban J connectivity index is 0.000000179. The lowest BCUT2D eigenvalue weighted by molar-refractivity contribution is -0.384. The molecule has 8 aromatic rings. The van der Waals surface area contributed by atoms with Gasteiger partial charge in [-0.1, -0.05) is 127 Å². The van der Waals surface area contributed by atoms with E-state index in [1.165, 1.54) is 30.5 Å². The van der Waals surface area contributed by atoms with Crippen LogP contribution in [0.15, 0.2) is 181 Å². The molecule has 2 aromatic heterocycles. The monoisotopic (exact) mass is 1350 g/mol. The number of aryl methyl sites for hydroxylation is 2. The van der Waals surface area contributed by atoms with Crippen LogP contribution in [0.3, 0.4) is 0 Å². The minimum absolute atomic E-state index is 0.00593. The molecule has 1 saturated heterocycles. The van der Waals surface area contributed by atoms with Gasteiger partial charge in [0.2, 0.25) is 20.9 Å². The molecule has 0 saturated carbocycles. The third-order valence-corrected chi connectivity index (χ3v) is 17.0. The number of sulfone groups is 1. The highest BCUT2D eigenvalue weighted by molar-refractivity contribution is 7.90. The van der Waals surface area contributed by atoms with Gasteiger partial charge in [0.1, 0.15) is 24.3 Å². The molecule has 3 aliphatic heterocycles. The number of ether oxygens (including phenoxy) is 2. The number of para-hydroxylation sites is 2. The number of nitrogens with two attached hydrogens (primary N) is 1. The Morgan fingerprint density at radius 3 is 1.59 bits per heavy atom. The molecular formula is C69H82N12O15S. The summed E-state index contributed by atoms with van der Waals surface area (Å²) in [4.78, 5) is 66.4. The summed E-state index contributed by atoms with van der Waals surface area (Å²) in [5, 5.41) is 76.0. The lowest BCUT2D eigenvalue weighted by Crippen LogP contribution is -2.41. The smallest absolute Gasteiger partial charge is 0.338 e. The first-order chi connectivity index (χ1) is 46.4. The summed E-state index contributed by atoms with van der Waals surface area (Å²) in [5.74, 6) is 0.260. The molecule has 8 atom stereocenters. The second-order valence-electron chi connectivity index (χ2n) is 23.0. The molecule has 4 unspecified atom stereocenters. The second kappa shape index (κ2) is 35.9. The number of anilines is 5. The number of aliphatic hydroxyl groups excluding tert-OH is 6. The summed E-state index contributed by atoms with van der Waals surface area (Å²) in [6.07, 6.45) is 0.769. The van der Waals surface area contributed by atoms with Crippen molar-refractivity contribution in [3.63, 3.8) is 0 Å². The quantitative estimate of drug-likeness (QED) is 0.0112. The van der Waals surface area contributed by atoms with Gasteiger partial charge in [-0.2, -0.15) is 4.98 Å². The molecule has 4 amide bonds. The maximum Gasteiger partial charge on any atom is 0.338 e. The number of hydrogen-bond donors (Lipinski definition) is 11. The van der Waals surface area contributed by atoms with Crippen molar-refractivity contribution in [3.05, 3.63) is 231 Å². The van der Waals surface area contributed by atoms with E-state index in [1.54, 1.807) is 54.1 Å². The van der Waals surface area contributed by atoms with Crippen LogP contribution in [0.4, 0.5) is 44.2 Å². The first-order valence-corrected chi connectivity index (χ1v) is 32.7. The van der Waals surface area contributed by atoms with E-state index in [9.17, 15) is 43.1 Å². The first-order valence-electron chi connectivity index (χ1n) is 31.0. The van der Waals surface area contributed by atoms with Gasteiger partial charge in [-0.3, -0.25) is 30.5 Å². The standard InChI is InChI=1S/C20H18N4O3S.C17H21N5O3.C17H21NO2.C11H11NO5.C4H11NO2/c1-14-7-5-6-10-17(14)24-12-16-11-21-19(22-18(16)23-20(24)25)28(26,27)13-15-8-3-2-4-9-15;1-10-5-3-4-6-13(10)22-8-12-7-18-16(19-11(2)14(24)9-23)20-15(12)21-17(22)25;1-13(16(20)12-19)18-17(14-8-4-2-5-9-14)15-10-6-3-7-11-15;1-7-10(17-7)6-16-11(13)8-2-4-9(5-3-8)12(14)15;1-3(5)4(7)2-6/h2-11H,12-13H2,1H3,(H,21,22,23,25);3-7,11,14,23-24H,8-9H2,1-2H3,(H2,18,19,20,21,25);2-11,13,16-20H,12H2,1H3;2-5,7,10H,6H2,1H3;3-4,6-7H,2,5H2,1H3/t;11?,14-;13-,16+;;3?,4-/m.01.0/s1. The van der Waals surface area contributed by atoms with Crippen molar-refractivity contribution >= 4 is 62.5 Å². The van der Waals surface area contributed by atoms with Crippen molar-refractivity contribution in [1.82, 2.24) is 25.3 Å². The predicted octanol–water partition coefficient (Wildman–Crippen LogP) is 7.13. The number of carbonyl (C=O) groups excluding carboxylic acids is 3. The Hall–Kier alpha value is -9.72. The highest BCUT2D eigenvalue weighted by atomic mass is 32.2. The largest absolute Gasteiger partial charge is 0.459 e. The fourth-order valence-electron chi connectivity index (χ4n) is 9.46. The lowest BCUT2D eigenvalue weighted by Gasteiger charge is -2.30. The Bertz CT molecular complexity index is 3940. The molecule has 6 aromatic carbocycles. The number of benzene rings is 6. The number of carbonyl (C=O) groups is 3. The topological polar surface area (TPSA) is 404 Å². The molecule has 12 N–H and O–H groups in total. The average molecular weight is 1350 g/mol. The fourth-order valence-corrected chi connectivity index (χ4v) is 10.7. The summed E-state index contributed by atoms with van der Waals surface area (Å²) in [7, 11) is -3.72. The molecule has 5 heterocycles. The van der Waals surface area contributed by atoms with Crippen LogP contribution in [-0.4, -0.2) is 157 Å². The Labute approximate surface area is 562 Å². The van der Waals surface area contributed by atoms with Crippen LogP contribution in [0.2, 0.25) is 0 Å². The van der Waals surface area contributed by atoms with Gasteiger partial charge in [0, 0.05) is 59.1 Å². The summed E-state index contributed by atoms with van der Waals surface area (Å²) < 4.78 is 35.4. The summed E-state index contributed by atoms with van der Waals surface area (Å²) in [6, 6.07) is 48.0. The van der Waals surface area contributed by atoms with Crippen molar-refractivity contribution < 1.29 is 67.8 Å². The van der Waals surface area contributed by atoms with Crippen LogP contribution in [0, 0.1) is 24.0 Å². The number of rotatable bonds is 21. The summed E-state index contributed by atoms with van der Waals surface area (Å²) in [6.45, 7) is 11.0. The zero-order valence-corrected chi connectivity index (χ0v) is 55.2. The molecule has 1 fully saturated rings. The van der Waals surface area contributed by atoms with Crippen molar-refractivity contribution in [2.75, 3.05) is 52.2 Å². The van der Waals surface area contributed by atoms with E-state index in [2.05, 4.69) is 65.5 Å². The minimum atomic E-state index is -3.72. The van der Waals surface area contributed by atoms with Crippen LogP contribution in [-0.2, 0) is 38.2 Å². The van der Waals surface area contributed by atoms with E-state index in [4.69, 9.17) is 35.6 Å². The van der Waals surface area contributed by atoms with E-state index in [1.807, 2.05) is 119 Å². The van der Waals surface area contributed by atoms with E-state index in [-0.39, 0.29) is 104 Å². The number of esters is 1. The number of nitrogens with zero attached hydrogens (tertiary/aromatic N) is 7.